The normalized spacial score (nSPS) is 15.5. The molecule has 0 bridgehead atoms. The van der Waals surface area contributed by atoms with Crippen LogP contribution in [0.5, 0.6) is 0 Å². The summed E-state index contributed by atoms with van der Waals surface area (Å²) in [4.78, 5) is 47.6. The van der Waals surface area contributed by atoms with E-state index in [2.05, 4.69) is 10.6 Å². The van der Waals surface area contributed by atoms with Crippen LogP contribution in [0.1, 0.15) is 9.67 Å². The summed E-state index contributed by atoms with van der Waals surface area (Å²) in [5.74, 6) is -0.283. The molecule has 1 atom stereocenters. The highest BCUT2D eigenvalue weighted by Crippen LogP contribution is 2.25. The standard InChI is InChI=1S/C19H19ClN4O6S/c20-17-6-5-16(31-17)18(26)21-11-15-12-23(19(27)30-15)13-1-3-14(4-2-13)24(22-28)7-9-29-10-8-25/h1-6,8,15H,7,9-12H2,(H,21,26)/t15-/m0/s1. The molecule has 1 aromatic carbocycles. The summed E-state index contributed by atoms with van der Waals surface area (Å²) in [5, 5.41) is 6.85. The molecule has 1 fully saturated rings. The molecular formula is C19H19ClN4O6S. The van der Waals surface area contributed by atoms with Crippen LogP contribution in [0.2, 0.25) is 4.34 Å². The highest BCUT2D eigenvalue weighted by molar-refractivity contribution is 7.18. The van der Waals surface area contributed by atoms with Gasteiger partial charge in [0, 0.05) is 5.69 Å². The fourth-order valence-corrected chi connectivity index (χ4v) is 3.83. The minimum atomic E-state index is -0.529. The van der Waals surface area contributed by atoms with E-state index in [0.717, 1.165) is 0 Å². The average molecular weight is 467 g/mol. The third-order valence-corrected chi connectivity index (χ3v) is 5.58. The van der Waals surface area contributed by atoms with Crippen LogP contribution in [0.4, 0.5) is 16.2 Å². The lowest BCUT2D eigenvalue weighted by molar-refractivity contribution is -0.111. The smallest absolute Gasteiger partial charge is 0.414 e. The van der Waals surface area contributed by atoms with Gasteiger partial charge < -0.3 is 19.6 Å². The second-order valence-corrected chi connectivity index (χ2v) is 8.11. The first-order valence-electron chi connectivity index (χ1n) is 9.25. The van der Waals surface area contributed by atoms with Crippen molar-refractivity contribution in [3.63, 3.8) is 0 Å². The molecule has 12 heteroatoms. The number of carbonyl (C=O) groups excluding carboxylic acids is 3. The summed E-state index contributed by atoms with van der Waals surface area (Å²) < 4.78 is 10.9. The number of hydrogen-bond donors (Lipinski definition) is 1. The lowest BCUT2D eigenvalue weighted by Gasteiger charge is -2.17. The van der Waals surface area contributed by atoms with E-state index in [1.165, 1.54) is 21.2 Å². The largest absolute Gasteiger partial charge is 0.442 e. The quantitative estimate of drug-likeness (QED) is 0.234. The predicted molar refractivity (Wildman–Crippen MR) is 116 cm³/mol. The number of hydrogen-bond acceptors (Lipinski definition) is 8. The maximum Gasteiger partial charge on any atom is 0.414 e. The number of carbonyl (C=O) groups is 3. The Balaban J connectivity index is 1.53. The van der Waals surface area contributed by atoms with E-state index in [9.17, 15) is 19.3 Å². The Kier molecular flexibility index (Phi) is 7.93. The third-order valence-electron chi connectivity index (χ3n) is 4.35. The van der Waals surface area contributed by atoms with Crippen LogP contribution in [-0.2, 0) is 14.3 Å². The van der Waals surface area contributed by atoms with Crippen molar-refractivity contribution in [1.29, 1.82) is 0 Å². The van der Waals surface area contributed by atoms with Crippen molar-refractivity contribution < 1.29 is 23.9 Å². The molecule has 2 aromatic rings. The fraction of sp³-hybridized carbons (Fsp3) is 0.316. The molecule has 0 saturated carbocycles. The van der Waals surface area contributed by atoms with Crippen molar-refractivity contribution >= 4 is 52.6 Å². The number of anilines is 2. The van der Waals surface area contributed by atoms with Crippen molar-refractivity contribution in [1.82, 2.24) is 5.32 Å². The zero-order valence-electron chi connectivity index (χ0n) is 16.2. The number of rotatable bonds is 11. The van der Waals surface area contributed by atoms with Gasteiger partial charge in [0.15, 0.2) is 0 Å². The first kappa shape index (κ1) is 22.7. The van der Waals surface area contributed by atoms with Gasteiger partial charge in [0.25, 0.3) is 5.91 Å². The maximum atomic E-state index is 12.2. The van der Waals surface area contributed by atoms with E-state index < -0.39 is 12.2 Å². The number of nitrogens with zero attached hydrogens (tertiary/aromatic N) is 3. The van der Waals surface area contributed by atoms with Crippen molar-refractivity contribution in [3.05, 3.63) is 50.5 Å². The summed E-state index contributed by atoms with van der Waals surface area (Å²) in [6, 6.07) is 9.87. The second kappa shape index (κ2) is 10.8. The van der Waals surface area contributed by atoms with Crippen LogP contribution in [0.25, 0.3) is 0 Å². The molecule has 2 heterocycles. The number of thiophene rings is 1. The van der Waals surface area contributed by atoms with Gasteiger partial charge in [-0.2, -0.15) is 0 Å². The van der Waals surface area contributed by atoms with E-state index in [0.29, 0.717) is 26.9 Å². The Morgan fingerprint density at radius 1 is 1.35 bits per heavy atom. The Bertz CT molecular complexity index is 938. The van der Waals surface area contributed by atoms with Crippen molar-refractivity contribution in [2.24, 2.45) is 5.29 Å². The van der Waals surface area contributed by atoms with Gasteiger partial charge >= 0.3 is 6.09 Å². The van der Waals surface area contributed by atoms with Crippen LogP contribution in [0.15, 0.2) is 41.7 Å². The first-order valence-corrected chi connectivity index (χ1v) is 10.4. The van der Waals surface area contributed by atoms with Gasteiger partial charge in [0.2, 0.25) is 0 Å². The van der Waals surface area contributed by atoms with E-state index in [4.69, 9.17) is 21.1 Å². The molecule has 1 saturated heterocycles. The predicted octanol–water partition coefficient (Wildman–Crippen LogP) is 2.86. The zero-order valence-corrected chi connectivity index (χ0v) is 17.8. The fourth-order valence-electron chi connectivity index (χ4n) is 2.87. The molecule has 1 aliphatic rings. The number of nitroso groups, excluding NO2 is 1. The van der Waals surface area contributed by atoms with E-state index in [1.807, 2.05) is 0 Å². The summed E-state index contributed by atoms with van der Waals surface area (Å²) >= 11 is 7.00. The van der Waals surface area contributed by atoms with Gasteiger partial charge in [-0.3, -0.25) is 9.69 Å². The van der Waals surface area contributed by atoms with Gasteiger partial charge in [0.05, 0.1) is 46.4 Å². The van der Waals surface area contributed by atoms with Crippen molar-refractivity contribution in [2.75, 3.05) is 42.8 Å². The molecule has 0 radical (unpaired) electrons. The molecule has 0 aliphatic carbocycles. The lowest BCUT2D eigenvalue weighted by Crippen LogP contribution is -2.34. The minimum absolute atomic E-state index is 0.0502. The molecule has 31 heavy (non-hydrogen) atoms. The Morgan fingerprint density at radius 2 is 2.13 bits per heavy atom. The number of cyclic esters (lactones) is 1. The Morgan fingerprint density at radius 3 is 2.77 bits per heavy atom. The summed E-state index contributed by atoms with van der Waals surface area (Å²) in [6.07, 6.45) is -0.410. The Hall–Kier alpha value is -3.02. The molecule has 0 unspecified atom stereocenters. The molecule has 1 aromatic heterocycles. The number of aldehydes is 1. The number of nitrogens with one attached hydrogen (secondary N) is 1. The average Bonchev–Trinajstić information content (AvgIpc) is 3.38. The van der Waals surface area contributed by atoms with Crippen LogP contribution >= 0.6 is 22.9 Å². The van der Waals surface area contributed by atoms with Crippen LogP contribution in [0, 0.1) is 4.91 Å². The van der Waals surface area contributed by atoms with E-state index in [1.54, 1.807) is 36.4 Å². The van der Waals surface area contributed by atoms with Crippen LogP contribution in [-0.4, -0.2) is 57.2 Å². The van der Waals surface area contributed by atoms with Gasteiger partial charge in [-0.15, -0.1) is 16.2 Å². The number of ether oxygens (including phenoxy) is 2. The molecule has 10 nitrogen and oxygen atoms in total. The summed E-state index contributed by atoms with van der Waals surface area (Å²) in [5.41, 5.74) is 1.09. The van der Waals surface area contributed by atoms with Gasteiger partial charge in [-0.1, -0.05) is 11.6 Å². The summed E-state index contributed by atoms with van der Waals surface area (Å²) in [6.45, 7) is 0.720. The van der Waals surface area contributed by atoms with Gasteiger partial charge in [0.1, 0.15) is 19.0 Å². The molecule has 1 N–H and O–H groups in total. The van der Waals surface area contributed by atoms with Crippen molar-refractivity contribution in [3.8, 4) is 0 Å². The monoisotopic (exact) mass is 466 g/mol. The SMILES string of the molecule is O=CCOCCN(N=O)c1ccc(N2C[C@H](CNC(=O)c3ccc(Cl)s3)OC2=O)cc1. The third kappa shape index (κ3) is 6.00. The van der Waals surface area contributed by atoms with Gasteiger partial charge in [-0.25, -0.2) is 9.80 Å². The number of amides is 2. The first-order chi connectivity index (χ1) is 15.0. The molecule has 2 amide bonds. The minimum Gasteiger partial charge on any atom is -0.442 e. The molecule has 164 valence electrons. The topological polar surface area (TPSA) is 118 Å². The van der Waals surface area contributed by atoms with Crippen molar-refractivity contribution in [2.45, 2.75) is 6.10 Å². The second-order valence-electron chi connectivity index (χ2n) is 6.39. The molecule has 0 spiro atoms. The van der Waals surface area contributed by atoms with Gasteiger partial charge in [-0.05, 0) is 36.4 Å². The number of benzene rings is 1. The van der Waals surface area contributed by atoms with Crippen LogP contribution < -0.4 is 15.2 Å². The van der Waals surface area contributed by atoms with Crippen LogP contribution in [0.3, 0.4) is 0 Å². The summed E-state index contributed by atoms with van der Waals surface area (Å²) in [7, 11) is 0. The molecule has 3 rings (SSSR count). The molecule has 1 aliphatic heterocycles. The number of halogens is 1. The highest BCUT2D eigenvalue weighted by atomic mass is 35.5. The maximum absolute atomic E-state index is 12.2. The van der Waals surface area contributed by atoms with E-state index in [-0.39, 0.29) is 38.8 Å². The highest BCUT2D eigenvalue weighted by Gasteiger charge is 2.32. The van der Waals surface area contributed by atoms with E-state index >= 15 is 0 Å². The Labute approximate surface area is 186 Å². The molecular weight excluding hydrogens is 448 g/mol. The lowest BCUT2D eigenvalue weighted by atomic mass is 10.2. The zero-order chi connectivity index (χ0) is 22.2.